The summed E-state index contributed by atoms with van der Waals surface area (Å²) in [5, 5.41) is -6.85. The zero-order chi connectivity index (χ0) is 26.5. The average Bonchev–Trinajstić information content (AvgIpc) is 2.63. The van der Waals surface area contributed by atoms with Gasteiger partial charge in [-0.15, -0.1) is 0 Å². The minimum absolute atomic E-state index is 0.131. The number of alkyl halides is 13. The fraction of sp³-hybridized carbons (Fsp3) is 1.00. The molecule has 0 aromatic rings. The summed E-state index contributed by atoms with van der Waals surface area (Å²) >= 11 is 0. The number of hydrogen-bond donors (Lipinski definition) is 0. The van der Waals surface area contributed by atoms with E-state index in [1.807, 2.05) is 0 Å². The van der Waals surface area contributed by atoms with Crippen LogP contribution in [0, 0.1) is 0 Å². The van der Waals surface area contributed by atoms with Crippen molar-refractivity contribution in [1.82, 2.24) is 0 Å². The van der Waals surface area contributed by atoms with Gasteiger partial charge in [-0.1, -0.05) is 0 Å². The van der Waals surface area contributed by atoms with Crippen LogP contribution in [0.2, 0.25) is 0 Å². The van der Waals surface area contributed by atoms with Gasteiger partial charge >= 0.3 is 33.3 Å². The number of rotatable bonds is 8. The minimum Gasteiger partial charge on any atom is -0.275 e. The lowest BCUT2D eigenvalue weighted by atomic mass is 10.1. The van der Waals surface area contributed by atoms with E-state index in [0.29, 0.717) is 0 Å². The molecule has 1 atom stereocenters. The lowest BCUT2D eigenvalue weighted by Gasteiger charge is -2.36. The molecule has 0 heterocycles. The van der Waals surface area contributed by atoms with Crippen LogP contribution in [-0.4, -0.2) is 64.9 Å². The van der Waals surface area contributed by atoms with Crippen LogP contribution in [0.1, 0.15) is 13.8 Å². The number of halogens is 15. The predicted octanol–water partition coefficient (Wildman–Crippen LogP) is 5.79. The van der Waals surface area contributed by atoms with Crippen molar-refractivity contribution in [2.24, 2.45) is 0 Å². The van der Waals surface area contributed by atoms with Gasteiger partial charge in [0.1, 0.15) is 6.67 Å². The largest absolute Gasteiger partial charge is 0.438 e. The van der Waals surface area contributed by atoms with E-state index in [9.17, 15) is 65.5 Å². The van der Waals surface area contributed by atoms with Crippen LogP contribution >= 0.6 is 0 Å². The maximum absolute atomic E-state index is 13.1. The van der Waals surface area contributed by atoms with Crippen molar-refractivity contribution < 1.29 is 83.6 Å². The second kappa shape index (κ2) is 14.1. The van der Waals surface area contributed by atoms with E-state index >= 15 is 0 Å². The van der Waals surface area contributed by atoms with Gasteiger partial charge in [0, 0.05) is 9.15 Å². The first kappa shape index (κ1) is 37.2. The molecule has 1 unspecified atom stereocenters. The van der Waals surface area contributed by atoms with Crippen LogP contribution in [0.4, 0.5) is 66.2 Å². The monoisotopic (exact) mass is 528 g/mol. The molecule has 0 aromatic carbocycles. The quantitative estimate of drug-likeness (QED) is 0.296. The van der Waals surface area contributed by atoms with Gasteiger partial charge in [-0.05, 0) is 13.8 Å². The number of hydrogen-bond acceptors (Lipinski definition) is 4. The van der Waals surface area contributed by atoms with Crippen molar-refractivity contribution in [2.45, 2.75) is 42.9 Å². The Labute approximate surface area is 165 Å². The lowest BCUT2D eigenvalue weighted by Crippen LogP contribution is -2.66. The summed E-state index contributed by atoms with van der Waals surface area (Å²) < 4.78 is 201. The van der Waals surface area contributed by atoms with Gasteiger partial charge in [-0.3, -0.25) is 13.3 Å². The highest BCUT2D eigenvalue weighted by Gasteiger charge is 2.86. The van der Waals surface area contributed by atoms with Crippen LogP contribution in [0.3, 0.4) is 0 Å². The maximum Gasteiger partial charge on any atom is 0.438 e. The second-order valence-corrected chi connectivity index (χ2v) is 6.26. The molecule has 20 heteroatoms. The first-order valence-electron chi connectivity index (χ1n) is 6.74. The van der Waals surface area contributed by atoms with Gasteiger partial charge in [0.2, 0.25) is 12.8 Å². The number of ether oxygens (including phenoxy) is 1. The molecule has 0 saturated heterocycles. The Morgan fingerprint density at radius 2 is 1.06 bits per heavy atom. The second-order valence-electron chi connectivity index (χ2n) is 4.51. The van der Waals surface area contributed by atoms with E-state index in [4.69, 9.17) is 9.15 Å². The van der Waals surface area contributed by atoms with Gasteiger partial charge in [-0.25, -0.2) is 17.6 Å². The first-order valence-corrected chi connectivity index (χ1v) is 8.15. The van der Waals surface area contributed by atoms with Crippen molar-refractivity contribution in [3.05, 3.63) is 0 Å². The molecule has 0 fully saturated rings. The molecule has 31 heavy (non-hydrogen) atoms. The van der Waals surface area contributed by atoms with Crippen molar-refractivity contribution in [2.75, 3.05) is 27.4 Å². The van der Waals surface area contributed by atoms with E-state index in [2.05, 4.69) is 8.92 Å². The van der Waals surface area contributed by atoms with Gasteiger partial charge in [-0.2, -0.15) is 43.5 Å². The standard InChI is InChI=1S/C8H8F10O4S.C2H5F.CH2F2.F2/c1-4(10,3-9)22-7(15,16)5(11,12)6(13,14)8(17,18)23(19,20)21-2;1-2-3;2-1-3;1-2/h3H2,1-2H3;2H2,1H3;1H2;. The molecule has 0 N–H and O–H groups in total. The molecule has 0 spiro atoms. The van der Waals surface area contributed by atoms with Crippen LogP contribution in [0.5, 0.6) is 0 Å². The Morgan fingerprint density at radius 3 is 1.29 bits per heavy atom. The molecule has 194 valence electrons. The fourth-order valence-corrected chi connectivity index (χ4v) is 1.64. The van der Waals surface area contributed by atoms with Crippen molar-refractivity contribution >= 4 is 10.1 Å². The van der Waals surface area contributed by atoms with Gasteiger partial charge < -0.3 is 0 Å². The molecule has 4 nitrogen and oxygen atoms in total. The minimum atomic E-state index is -7.31. The van der Waals surface area contributed by atoms with Crippen LogP contribution < -0.4 is 0 Å². The van der Waals surface area contributed by atoms with Gasteiger partial charge in [0.15, 0.2) is 0 Å². The molecule has 0 amide bonds. The van der Waals surface area contributed by atoms with Crippen molar-refractivity contribution in [1.29, 1.82) is 0 Å². The summed E-state index contributed by atoms with van der Waals surface area (Å²) in [6.45, 7) is -3.30. The zero-order valence-electron chi connectivity index (χ0n) is 15.3. The van der Waals surface area contributed by atoms with Crippen LogP contribution in [-0.2, 0) is 19.0 Å². The Morgan fingerprint density at radius 1 is 0.774 bits per heavy atom. The molecule has 0 bridgehead atoms. The predicted molar refractivity (Wildman–Crippen MR) is 73.2 cm³/mol. The van der Waals surface area contributed by atoms with E-state index in [1.54, 1.807) is 0 Å². The summed E-state index contributed by atoms with van der Waals surface area (Å²) in [7, 11) is -6.90. The average molecular weight is 528 g/mol. The summed E-state index contributed by atoms with van der Waals surface area (Å²) in [6, 6.07) is 0. The SMILES string of the molecule is CCF.COS(=O)(=O)C(F)(F)C(F)(F)C(F)(F)C(F)(F)OC(C)(F)CF.FCF.FF. The highest BCUT2D eigenvalue weighted by Crippen LogP contribution is 2.55. The van der Waals surface area contributed by atoms with Gasteiger partial charge in [0.05, 0.1) is 13.8 Å². The highest BCUT2D eigenvalue weighted by atomic mass is 32.2. The fourth-order valence-electron chi connectivity index (χ4n) is 0.986. The summed E-state index contributed by atoms with van der Waals surface area (Å²) in [5.74, 6) is -18.8. The summed E-state index contributed by atoms with van der Waals surface area (Å²) in [4.78, 5) is 0. The lowest BCUT2D eigenvalue weighted by molar-refractivity contribution is -0.448. The van der Waals surface area contributed by atoms with E-state index in [-0.39, 0.29) is 20.7 Å². The third-order valence-electron chi connectivity index (χ3n) is 2.24. The zero-order valence-corrected chi connectivity index (χ0v) is 16.1. The first-order chi connectivity index (χ1) is 13.7. The topological polar surface area (TPSA) is 52.6 Å². The summed E-state index contributed by atoms with van der Waals surface area (Å²) in [6.07, 6.45) is -6.71. The maximum atomic E-state index is 13.1. The van der Waals surface area contributed by atoms with E-state index < -0.39 is 52.8 Å². The summed E-state index contributed by atoms with van der Waals surface area (Å²) in [5.41, 5.74) is 0. The molecule has 0 aromatic heterocycles. The Bertz CT molecular complexity index is 565. The Balaban J connectivity index is -0.000000395. The smallest absolute Gasteiger partial charge is 0.275 e. The Kier molecular flexibility index (Phi) is 16.9. The normalized spacial score (nSPS) is 14.6. The Hall–Kier alpha value is -1.18. The molecule has 0 aliphatic heterocycles. The third kappa shape index (κ3) is 9.46. The molecule has 0 saturated carbocycles. The van der Waals surface area contributed by atoms with E-state index in [0.717, 1.165) is 0 Å². The van der Waals surface area contributed by atoms with Gasteiger partial charge in [0.25, 0.3) is 0 Å². The molecular weight excluding hydrogens is 513 g/mol. The van der Waals surface area contributed by atoms with Crippen LogP contribution in [0.25, 0.3) is 0 Å². The van der Waals surface area contributed by atoms with Crippen molar-refractivity contribution in [3.8, 4) is 0 Å². The van der Waals surface area contributed by atoms with Crippen molar-refractivity contribution in [3.63, 3.8) is 0 Å². The molecule has 0 rings (SSSR count). The molecule has 0 aliphatic rings. The third-order valence-corrected chi connectivity index (χ3v) is 3.56. The van der Waals surface area contributed by atoms with E-state index in [1.165, 1.54) is 6.92 Å². The van der Waals surface area contributed by atoms with Crippen LogP contribution in [0.15, 0.2) is 0 Å². The molecular formula is C11H15F15O4S. The molecule has 0 aliphatic carbocycles. The highest BCUT2D eigenvalue weighted by molar-refractivity contribution is 7.87. The molecule has 0 radical (unpaired) electrons.